The lowest BCUT2D eigenvalue weighted by Gasteiger charge is -2.38. The first-order valence-corrected chi connectivity index (χ1v) is 14.8. The molecule has 1 unspecified atom stereocenters. The van der Waals surface area contributed by atoms with Crippen LogP contribution in [0.2, 0.25) is 0 Å². The zero-order chi connectivity index (χ0) is 30.2. The fourth-order valence-electron chi connectivity index (χ4n) is 7.18. The summed E-state index contributed by atoms with van der Waals surface area (Å²) in [6.45, 7) is 4.32. The minimum absolute atomic E-state index is 0.242. The number of methoxy groups -OCH3 is 2. The third kappa shape index (κ3) is 3.64. The highest BCUT2D eigenvalue weighted by Crippen LogP contribution is 2.59. The molecule has 5 aromatic carbocycles. The van der Waals surface area contributed by atoms with Gasteiger partial charge in [0.15, 0.2) is 17.1 Å². The molecule has 1 aliphatic carbocycles. The van der Waals surface area contributed by atoms with Crippen LogP contribution in [0.4, 0.5) is 0 Å². The van der Waals surface area contributed by atoms with E-state index >= 15 is 0 Å². The number of aliphatic hydroxyl groups excluding tert-OH is 1. The number of ether oxygens (including phenoxy) is 5. The Morgan fingerprint density at radius 3 is 1.95 bits per heavy atom. The van der Waals surface area contributed by atoms with Crippen molar-refractivity contribution in [3.8, 4) is 39.9 Å². The summed E-state index contributed by atoms with van der Waals surface area (Å²) in [7, 11) is 3.33. The second-order valence-corrected chi connectivity index (χ2v) is 12.0. The lowest BCUT2D eigenvalue weighted by Crippen LogP contribution is -2.35. The standard InChI is InChI=1S/C38H32O6/c1-37(2)30-8-6-5-7-26(30)34-28-19-31-32(43-33(21-39)42-31)20-29(28)36-27(35(34)37)17-18-38(44-36,22-9-13-24(40-3)14-10-22)23-11-15-25(41-4)16-12-23/h5-20,33,39H,21H2,1-4H3. The molecule has 8 rings (SSSR count). The van der Waals surface area contributed by atoms with Crippen molar-refractivity contribution in [3.63, 3.8) is 0 Å². The molecular weight excluding hydrogens is 552 g/mol. The number of aliphatic hydroxyl groups is 1. The van der Waals surface area contributed by atoms with E-state index in [-0.39, 0.29) is 12.0 Å². The number of hydrogen-bond acceptors (Lipinski definition) is 6. The van der Waals surface area contributed by atoms with Crippen LogP contribution in [0, 0.1) is 0 Å². The zero-order valence-electron chi connectivity index (χ0n) is 25.0. The summed E-state index contributed by atoms with van der Waals surface area (Å²) in [6, 6.07) is 28.7. The molecule has 1 N–H and O–H groups in total. The van der Waals surface area contributed by atoms with Gasteiger partial charge in [-0.1, -0.05) is 68.5 Å². The first-order chi connectivity index (χ1) is 21.4. The molecular formula is C38H32O6. The van der Waals surface area contributed by atoms with Gasteiger partial charge in [-0.05, 0) is 70.1 Å². The van der Waals surface area contributed by atoms with Crippen molar-refractivity contribution in [1.82, 2.24) is 0 Å². The molecule has 0 spiro atoms. The minimum atomic E-state index is -0.938. The Morgan fingerprint density at radius 2 is 1.36 bits per heavy atom. The lowest BCUT2D eigenvalue weighted by molar-refractivity contribution is -0.000747. The van der Waals surface area contributed by atoms with Crippen molar-refractivity contribution in [2.45, 2.75) is 31.2 Å². The minimum Gasteiger partial charge on any atom is -0.497 e. The largest absolute Gasteiger partial charge is 0.497 e. The summed E-state index contributed by atoms with van der Waals surface area (Å²) < 4.78 is 30.3. The highest BCUT2D eigenvalue weighted by Gasteiger charge is 2.44. The summed E-state index contributed by atoms with van der Waals surface area (Å²) in [5.41, 5.74) is 6.61. The number of rotatable bonds is 5. The SMILES string of the molecule is COc1ccc(C2(c3ccc(OC)cc3)C=Cc3c4c(c5cc6c(cc5c3O2)OC(CO)O6)-c2ccccc2C4(C)C)cc1. The van der Waals surface area contributed by atoms with E-state index in [1.54, 1.807) is 14.2 Å². The van der Waals surface area contributed by atoms with Crippen LogP contribution in [-0.2, 0) is 11.0 Å². The van der Waals surface area contributed by atoms with Gasteiger partial charge in [0.2, 0.25) is 0 Å². The van der Waals surface area contributed by atoms with E-state index < -0.39 is 11.9 Å². The summed E-state index contributed by atoms with van der Waals surface area (Å²) in [6.07, 6.45) is 3.65. The predicted molar refractivity (Wildman–Crippen MR) is 170 cm³/mol. The first-order valence-electron chi connectivity index (χ1n) is 14.8. The van der Waals surface area contributed by atoms with Gasteiger partial charge in [-0.2, -0.15) is 0 Å². The van der Waals surface area contributed by atoms with Crippen LogP contribution in [0.25, 0.3) is 28.0 Å². The molecule has 0 aromatic heterocycles. The van der Waals surface area contributed by atoms with E-state index in [1.165, 1.54) is 22.3 Å². The van der Waals surface area contributed by atoms with Crippen molar-refractivity contribution in [2.75, 3.05) is 20.8 Å². The van der Waals surface area contributed by atoms with Crippen LogP contribution in [-0.4, -0.2) is 32.2 Å². The average Bonchev–Trinajstić information content (AvgIpc) is 3.59. The average molecular weight is 585 g/mol. The predicted octanol–water partition coefficient (Wildman–Crippen LogP) is 7.60. The molecule has 5 aromatic rings. The van der Waals surface area contributed by atoms with Crippen LogP contribution in [0.15, 0.2) is 91.0 Å². The second-order valence-electron chi connectivity index (χ2n) is 12.0. The van der Waals surface area contributed by atoms with Crippen molar-refractivity contribution in [3.05, 3.63) is 119 Å². The molecule has 220 valence electrons. The van der Waals surface area contributed by atoms with Crippen LogP contribution < -0.4 is 23.7 Å². The van der Waals surface area contributed by atoms with Gasteiger partial charge >= 0.3 is 0 Å². The van der Waals surface area contributed by atoms with Gasteiger partial charge in [-0.15, -0.1) is 0 Å². The maximum atomic E-state index is 9.82. The summed E-state index contributed by atoms with van der Waals surface area (Å²) in [5.74, 6) is 3.51. The maximum Gasteiger partial charge on any atom is 0.264 e. The van der Waals surface area contributed by atoms with Crippen LogP contribution >= 0.6 is 0 Å². The Kier molecular flexibility index (Phi) is 5.78. The topological polar surface area (TPSA) is 66.4 Å². The van der Waals surface area contributed by atoms with Gasteiger partial charge in [-0.25, -0.2) is 0 Å². The fourth-order valence-corrected chi connectivity index (χ4v) is 7.18. The Morgan fingerprint density at radius 1 is 0.773 bits per heavy atom. The molecule has 0 saturated carbocycles. The summed E-state index contributed by atoms with van der Waals surface area (Å²) in [5, 5.41) is 11.8. The highest BCUT2D eigenvalue weighted by molar-refractivity contribution is 6.09. The molecule has 0 radical (unpaired) electrons. The Bertz CT molecular complexity index is 1920. The lowest BCUT2D eigenvalue weighted by atomic mass is 9.76. The number of benzene rings is 5. The van der Waals surface area contributed by atoms with E-state index in [1.807, 2.05) is 60.7 Å². The van der Waals surface area contributed by atoms with Gasteiger partial charge in [0.1, 0.15) is 23.9 Å². The normalized spacial score (nSPS) is 17.9. The van der Waals surface area contributed by atoms with Crippen LogP contribution in [0.1, 0.15) is 41.7 Å². The fraction of sp³-hybridized carbons (Fsp3) is 0.211. The Hall–Kier alpha value is -4.94. The molecule has 2 aliphatic heterocycles. The summed E-state index contributed by atoms with van der Waals surface area (Å²) in [4.78, 5) is 0. The van der Waals surface area contributed by atoms with E-state index in [9.17, 15) is 5.11 Å². The monoisotopic (exact) mass is 584 g/mol. The van der Waals surface area contributed by atoms with Gasteiger partial charge in [0.05, 0.1) is 14.2 Å². The van der Waals surface area contributed by atoms with E-state index in [2.05, 4.69) is 50.3 Å². The molecule has 0 bridgehead atoms. The van der Waals surface area contributed by atoms with Crippen LogP contribution in [0.3, 0.4) is 0 Å². The van der Waals surface area contributed by atoms with Gasteiger partial charge in [0, 0.05) is 27.5 Å². The van der Waals surface area contributed by atoms with Crippen molar-refractivity contribution >= 4 is 16.8 Å². The number of fused-ring (bicyclic) bond motifs is 9. The molecule has 0 amide bonds. The smallest absolute Gasteiger partial charge is 0.264 e. The van der Waals surface area contributed by atoms with Gasteiger partial charge < -0.3 is 28.8 Å². The molecule has 3 aliphatic rings. The van der Waals surface area contributed by atoms with Crippen molar-refractivity contribution in [1.29, 1.82) is 0 Å². The zero-order valence-corrected chi connectivity index (χ0v) is 25.0. The van der Waals surface area contributed by atoms with E-state index in [0.29, 0.717) is 11.5 Å². The Balaban J connectivity index is 1.43. The molecule has 0 fully saturated rings. The quantitative estimate of drug-likeness (QED) is 0.230. The van der Waals surface area contributed by atoms with Crippen molar-refractivity contribution < 1.29 is 28.8 Å². The van der Waals surface area contributed by atoms with Crippen LogP contribution in [0.5, 0.6) is 28.7 Å². The van der Waals surface area contributed by atoms with Gasteiger partial charge in [0.25, 0.3) is 6.29 Å². The summed E-state index contributed by atoms with van der Waals surface area (Å²) >= 11 is 0. The number of hydrogen-bond donors (Lipinski definition) is 1. The third-order valence-electron chi connectivity index (χ3n) is 9.31. The third-order valence-corrected chi connectivity index (χ3v) is 9.31. The Labute approximate surface area is 256 Å². The maximum absolute atomic E-state index is 9.82. The van der Waals surface area contributed by atoms with Gasteiger partial charge in [-0.3, -0.25) is 0 Å². The molecule has 2 heterocycles. The molecule has 0 saturated heterocycles. The first kappa shape index (κ1) is 26.7. The second kappa shape index (κ2) is 9.53. The highest BCUT2D eigenvalue weighted by atomic mass is 16.7. The molecule has 1 atom stereocenters. The van der Waals surface area contributed by atoms with E-state index in [4.69, 9.17) is 23.7 Å². The molecule has 6 nitrogen and oxygen atoms in total. The van der Waals surface area contributed by atoms with Crippen molar-refractivity contribution in [2.24, 2.45) is 0 Å². The van der Waals surface area contributed by atoms with E-state index in [0.717, 1.165) is 44.7 Å². The molecule has 6 heteroatoms. The molecule has 44 heavy (non-hydrogen) atoms.